The third-order valence-corrected chi connectivity index (χ3v) is 4.74. The van der Waals surface area contributed by atoms with Crippen molar-refractivity contribution in [1.29, 1.82) is 0 Å². The molecule has 24 heavy (non-hydrogen) atoms. The highest BCUT2D eigenvalue weighted by atomic mass is 35.5. The number of nitrogens with one attached hydrogen (secondary N) is 1. The Morgan fingerprint density at radius 3 is 2.71 bits per heavy atom. The number of nitrogens with zero attached hydrogens (tertiary/aromatic N) is 4. The lowest BCUT2D eigenvalue weighted by Crippen LogP contribution is -2.15. The van der Waals surface area contributed by atoms with Crippen molar-refractivity contribution in [2.24, 2.45) is 0 Å². The lowest BCUT2D eigenvalue weighted by molar-refractivity contribution is -0.113. The maximum absolute atomic E-state index is 12.1. The summed E-state index contributed by atoms with van der Waals surface area (Å²) in [6.07, 6.45) is 0. The molecule has 0 fully saturated rings. The van der Waals surface area contributed by atoms with E-state index in [2.05, 4.69) is 20.8 Å². The standard InChI is InChI=1S/C15H11Cl2N5OS/c16-11-7-4-8-12(14(11)17)18-13(23)9-24-15-19-20-21-22(15)10-5-2-1-3-6-10/h1-8H,9H2,(H,18,23). The van der Waals surface area contributed by atoms with Crippen LogP contribution in [0.2, 0.25) is 10.0 Å². The van der Waals surface area contributed by atoms with Gasteiger partial charge < -0.3 is 5.32 Å². The minimum atomic E-state index is -0.230. The predicted octanol–water partition coefficient (Wildman–Crippen LogP) is 3.70. The van der Waals surface area contributed by atoms with Crippen molar-refractivity contribution >= 4 is 46.6 Å². The third kappa shape index (κ3) is 3.87. The van der Waals surface area contributed by atoms with Gasteiger partial charge in [-0.15, -0.1) is 5.10 Å². The van der Waals surface area contributed by atoms with Crippen LogP contribution in [0.1, 0.15) is 0 Å². The van der Waals surface area contributed by atoms with Gasteiger partial charge in [0.2, 0.25) is 11.1 Å². The number of amides is 1. The van der Waals surface area contributed by atoms with Gasteiger partial charge in [-0.05, 0) is 34.7 Å². The van der Waals surface area contributed by atoms with Crippen molar-refractivity contribution in [3.63, 3.8) is 0 Å². The first-order chi connectivity index (χ1) is 11.6. The van der Waals surface area contributed by atoms with Crippen molar-refractivity contribution in [3.05, 3.63) is 58.6 Å². The quantitative estimate of drug-likeness (QED) is 0.684. The average Bonchev–Trinajstić information content (AvgIpc) is 3.06. The molecule has 0 aliphatic rings. The molecular formula is C15H11Cl2N5OS. The Labute approximate surface area is 152 Å². The summed E-state index contributed by atoms with van der Waals surface area (Å²) >= 11 is 13.2. The van der Waals surface area contributed by atoms with E-state index in [0.29, 0.717) is 20.9 Å². The molecule has 0 aliphatic carbocycles. The molecule has 0 saturated heterocycles. The maximum Gasteiger partial charge on any atom is 0.234 e. The molecule has 0 saturated carbocycles. The van der Waals surface area contributed by atoms with Gasteiger partial charge in [-0.25, -0.2) is 0 Å². The van der Waals surface area contributed by atoms with Crippen molar-refractivity contribution in [1.82, 2.24) is 20.2 Å². The van der Waals surface area contributed by atoms with Crippen molar-refractivity contribution in [3.8, 4) is 5.69 Å². The zero-order chi connectivity index (χ0) is 16.9. The van der Waals surface area contributed by atoms with Crippen LogP contribution in [0.4, 0.5) is 5.69 Å². The van der Waals surface area contributed by atoms with Crippen LogP contribution in [0.3, 0.4) is 0 Å². The summed E-state index contributed by atoms with van der Waals surface area (Å²) in [6.45, 7) is 0. The summed E-state index contributed by atoms with van der Waals surface area (Å²) in [5, 5.41) is 15.5. The summed E-state index contributed by atoms with van der Waals surface area (Å²) in [6, 6.07) is 14.5. The number of benzene rings is 2. The third-order valence-electron chi connectivity index (χ3n) is 3.00. The minimum Gasteiger partial charge on any atom is -0.324 e. The van der Waals surface area contributed by atoms with Crippen LogP contribution >= 0.6 is 35.0 Å². The number of halogens is 2. The second-order valence-corrected chi connectivity index (χ2v) is 6.37. The smallest absolute Gasteiger partial charge is 0.234 e. The van der Waals surface area contributed by atoms with Crippen molar-refractivity contribution in [2.45, 2.75) is 5.16 Å². The number of aromatic nitrogens is 4. The average molecular weight is 380 g/mol. The van der Waals surface area contributed by atoms with Crippen LogP contribution < -0.4 is 5.32 Å². The Hall–Kier alpha value is -2.09. The SMILES string of the molecule is O=C(CSc1nnnn1-c1ccccc1)Nc1cccc(Cl)c1Cl. The lowest BCUT2D eigenvalue weighted by atomic mass is 10.3. The molecule has 0 aliphatic heterocycles. The zero-order valence-corrected chi connectivity index (χ0v) is 14.5. The molecule has 2 aromatic carbocycles. The molecule has 3 rings (SSSR count). The second-order valence-electron chi connectivity index (χ2n) is 4.65. The summed E-state index contributed by atoms with van der Waals surface area (Å²) in [4.78, 5) is 12.1. The number of hydrogen-bond acceptors (Lipinski definition) is 5. The Kier molecular flexibility index (Phi) is 5.34. The molecule has 1 aromatic heterocycles. The van der Waals surface area contributed by atoms with Crippen LogP contribution in [0.25, 0.3) is 5.69 Å². The number of hydrogen-bond donors (Lipinski definition) is 1. The first kappa shape index (κ1) is 16.8. The fraction of sp³-hybridized carbons (Fsp3) is 0.0667. The van der Waals surface area contributed by atoms with Gasteiger partial charge in [-0.2, -0.15) is 4.68 Å². The molecule has 0 atom stereocenters. The molecular weight excluding hydrogens is 369 g/mol. The van der Waals surface area contributed by atoms with Crippen LogP contribution in [-0.4, -0.2) is 31.9 Å². The van der Waals surface area contributed by atoms with E-state index < -0.39 is 0 Å². The van der Waals surface area contributed by atoms with Gasteiger partial charge in [-0.3, -0.25) is 4.79 Å². The Morgan fingerprint density at radius 1 is 1.12 bits per heavy atom. The van der Waals surface area contributed by atoms with Gasteiger partial charge in [0.05, 0.1) is 27.2 Å². The van der Waals surface area contributed by atoms with E-state index in [1.165, 1.54) is 11.8 Å². The number of rotatable bonds is 5. The predicted molar refractivity (Wildman–Crippen MR) is 95.0 cm³/mol. The normalized spacial score (nSPS) is 10.6. The molecule has 0 radical (unpaired) electrons. The van der Waals surface area contributed by atoms with E-state index in [9.17, 15) is 4.79 Å². The second kappa shape index (κ2) is 7.65. The summed E-state index contributed by atoms with van der Waals surface area (Å²) in [5.74, 6) is -0.0949. The molecule has 122 valence electrons. The topological polar surface area (TPSA) is 72.7 Å². The lowest BCUT2D eigenvalue weighted by Gasteiger charge is -2.08. The van der Waals surface area contributed by atoms with E-state index in [0.717, 1.165) is 5.69 Å². The van der Waals surface area contributed by atoms with E-state index in [4.69, 9.17) is 23.2 Å². The van der Waals surface area contributed by atoms with Crippen LogP contribution in [-0.2, 0) is 4.79 Å². The largest absolute Gasteiger partial charge is 0.324 e. The Balaban J connectivity index is 1.65. The molecule has 0 bridgehead atoms. The van der Waals surface area contributed by atoms with Crippen LogP contribution in [0.5, 0.6) is 0 Å². The number of tetrazole rings is 1. The first-order valence-corrected chi connectivity index (χ1v) is 8.60. The van der Waals surface area contributed by atoms with Gasteiger partial charge in [0.1, 0.15) is 0 Å². The molecule has 1 amide bonds. The van der Waals surface area contributed by atoms with Crippen LogP contribution in [0.15, 0.2) is 53.7 Å². The molecule has 3 aromatic rings. The van der Waals surface area contributed by atoms with Gasteiger partial charge >= 0.3 is 0 Å². The van der Waals surface area contributed by atoms with Gasteiger partial charge in [0.25, 0.3) is 0 Å². The number of para-hydroxylation sites is 1. The van der Waals surface area contributed by atoms with Gasteiger partial charge in [-0.1, -0.05) is 59.2 Å². The van der Waals surface area contributed by atoms with Gasteiger partial charge in [0, 0.05) is 0 Å². The number of carbonyl (C=O) groups excluding carboxylic acids is 1. The molecule has 6 nitrogen and oxygen atoms in total. The van der Waals surface area contributed by atoms with Crippen LogP contribution in [0, 0.1) is 0 Å². The van der Waals surface area contributed by atoms with E-state index >= 15 is 0 Å². The molecule has 1 heterocycles. The number of anilines is 1. The molecule has 0 unspecified atom stereocenters. The van der Waals surface area contributed by atoms with Crippen molar-refractivity contribution in [2.75, 3.05) is 11.1 Å². The summed E-state index contributed by atoms with van der Waals surface area (Å²) in [7, 11) is 0. The number of thioether (sulfide) groups is 1. The zero-order valence-electron chi connectivity index (χ0n) is 12.2. The summed E-state index contributed by atoms with van der Waals surface area (Å²) < 4.78 is 1.57. The monoisotopic (exact) mass is 379 g/mol. The molecule has 0 spiro atoms. The highest BCUT2D eigenvalue weighted by Gasteiger charge is 2.13. The Morgan fingerprint density at radius 2 is 1.92 bits per heavy atom. The number of carbonyl (C=O) groups is 1. The van der Waals surface area contributed by atoms with E-state index in [1.54, 1.807) is 22.9 Å². The highest BCUT2D eigenvalue weighted by molar-refractivity contribution is 7.99. The fourth-order valence-corrected chi connectivity index (χ4v) is 2.96. The first-order valence-electron chi connectivity index (χ1n) is 6.85. The molecule has 1 N–H and O–H groups in total. The Bertz CT molecular complexity index is 856. The minimum absolute atomic E-state index is 0.135. The van der Waals surface area contributed by atoms with Crippen molar-refractivity contribution < 1.29 is 4.79 Å². The van der Waals surface area contributed by atoms with E-state index in [-0.39, 0.29) is 11.7 Å². The molecule has 9 heteroatoms. The highest BCUT2D eigenvalue weighted by Crippen LogP contribution is 2.29. The van der Waals surface area contributed by atoms with Gasteiger partial charge in [0.15, 0.2) is 0 Å². The van der Waals surface area contributed by atoms with E-state index in [1.807, 2.05) is 30.3 Å². The summed E-state index contributed by atoms with van der Waals surface area (Å²) in [5.41, 5.74) is 1.29. The maximum atomic E-state index is 12.1. The fourth-order valence-electron chi connectivity index (χ4n) is 1.92.